The van der Waals surface area contributed by atoms with Crippen LogP contribution in [-0.4, -0.2) is 83.2 Å². The van der Waals surface area contributed by atoms with Crippen LogP contribution in [0.2, 0.25) is 0 Å². The topological polar surface area (TPSA) is 83.5 Å². The SMILES string of the molecule is CN=C(NCc1ccccc1CS(=O)(=O)N1CCOCC1)N1CCC2(CCOC2)C1.I. The zero-order valence-electron chi connectivity index (χ0n) is 18.1. The summed E-state index contributed by atoms with van der Waals surface area (Å²) in [6, 6.07) is 7.73. The summed E-state index contributed by atoms with van der Waals surface area (Å²) in [7, 11) is -1.56. The fourth-order valence-electron chi connectivity index (χ4n) is 4.58. The molecule has 0 aliphatic carbocycles. The Morgan fingerprint density at radius 3 is 2.52 bits per heavy atom. The molecule has 3 saturated heterocycles. The van der Waals surface area contributed by atoms with Gasteiger partial charge in [0.1, 0.15) is 0 Å². The third-order valence-electron chi connectivity index (χ3n) is 6.39. The van der Waals surface area contributed by atoms with Crippen LogP contribution in [0, 0.1) is 5.41 Å². The summed E-state index contributed by atoms with van der Waals surface area (Å²) in [5.41, 5.74) is 2.07. The second-order valence-electron chi connectivity index (χ2n) is 8.41. The Morgan fingerprint density at radius 2 is 1.84 bits per heavy atom. The zero-order chi connectivity index (χ0) is 21.0. The summed E-state index contributed by atoms with van der Waals surface area (Å²) in [6.07, 6.45) is 2.24. The van der Waals surface area contributed by atoms with Gasteiger partial charge in [-0.15, -0.1) is 24.0 Å². The van der Waals surface area contributed by atoms with Crippen LogP contribution in [0.5, 0.6) is 0 Å². The lowest BCUT2D eigenvalue weighted by Gasteiger charge is -2.27. The van der Waals surface area contributed by atoms with Gasteiger partial charge in [-0.2, -0.15) is 4.31 Å². The molecule has 1 N–H and O–H groups in total. The van der Waals surface area contributed by atoms with E-state index < -0.39 is 10.0 Å². The van der Waals surface area contributed by atoms with Crippen LogP contribution < -0.4 is 5.32 Å². The smallest absolute Gasteiger partial charge is 0.218 e. The van der Waals surface area contributed by atoms with Gasteiger partial charge >= 0.3 is 0 Å². The summed E-state index contributed by atoms with van der Waals surface area (Å²) in [4.78, 5) is 6.76. The minimum atomic E-state index is -3.36. The van der Waals surface area contributed by atoms with Crippen molar-refractivity contribution in [1.82, 2.24) is 14.5 Å². The number of morpholine rings is 1. The molecule has 174 valence electrons. The Balaban J connectivity index is 0.00000272. The van der Waals surface area contributed by atoms with E-state index in [9.17, 15) is 8.42 Å². The second-order valence-corrected chi connectivity index (χ2v) is 10.4. The minimum absolute atomic E-state index is 0. The van der Waals surface area contributed by atoms with E-state index in [4.69, 9.17) is 9.47 Å². The van der Waals surface area contributed by atoms with Gasteiger partial charge in [0.05, 0.1) is 25.6 Å². The molecule has 31 heavy (non-hydrogen) atoms. The van der Waals surface area contributed by atoms with Crippen molar-refractivity contribution in [2.75, 3.05) is 59.7 Å². The van der Waals surface area contributed by atoms with Gasteiger partial charge in [0.15, 0.2) is 5.96 Å². The number of guanidine groups is 1. The van der Waals surface area contributed by atoms with Crippen molar-refractivity contribution in [2.45, 2.75) is 25.1 Å². The Hall–Kier alpha value is -0.950. The molecule has 1 unspecified atom stereocenters. The predicted octanol–water partition coefficient (Wildman–Crippen LogP) is 1.65. The predicted molar refractivity (Wildman–Crippen MR) is 131 cm³/mol. The molecule has 10 heteroatoms. The van der Waals surface area contributed by atoms with E-state index in [1.54, 1.807) is 7.05 Å². The van der Waals surface area contributed by atoms with Crippen LogP contribution in [0.4, 0.5) is 0 Å². The Morgan fingerprint density at radius 1 is 1.10 bits per heavy atom. The minimum Gasteiger partial charge on any atom is -0.381 e. The number of hydrogen-bond donors (Lipinski definition) is 1. The first-order valence-corrected chi connectivity index (χ1v) is 12.3. The highest BCUT2D eigenvalue weighted by molar-refractivity contribution is 14.0. The molecular formula is C21H33IN4O4S. The standard InChI is InChI=1S/C21H32N4O4S.HI/c1-22-20(24-8-6-21(16-24)7-11-29-17-21)23-14-18-4-2-3-5-19(18)15-30(26,27)25-9-12-28-13-10-25;/h2-5H,6-17H2,1H3,(H,22,23);1H. The highest BCUT2D eigenvalue weighted by Crippen LogP contribution is 2.38. The summed E-state index contributed by atoms with van der Waals surface area (Å²) >= 11 is 0. The van der Waals surface area contributed by atoms with Gasteiger partial charge in [0.25, 0.3) is 0 Å². The van der Waals surface area contributed by atoms with E-state index in [0.29, 0.717) is 32.8 Å². The quantitative estimate of drug-likeness (QED) is 0.333. The summed E-state index contributed by atoms with van der Waals surface area (Å²) < 4.78 is 38.2. The maximum atomic E-state index is 12.9. The second kappa shape index (κ2) is 10.8. The molecule has 1 atom stereocenters. The van der Waals surface area contributed by atoms with Crippen molar-refractivity contribution in [3.8, 4) is 0 Å². The monoisotopic (exact) mass is 564 g/mol. The molecule has 3 fully saturated rings. The van der Waals surface area contributed by atoms with Crippen LogP contribution in [0.25, 0.3) is 0 Å². The molecule has 4 rings (SSSR count). The van der Waals surface area contributed by atoms with Gasteiger partial charge < -0.3 is 19.7 Å². The molecule has 8 nitrogen and oxygen atoms in total. The molecule has 0 amide bonds. The van der Waals surface area contributed by atoms with Crippen molar-refractivity contribution in [2.24, 2.45) is 10.4 Å². The number of likely N-dealkylation sites (tertiary alicyclic amines) is 1. The van der Waals surface area contributed by atoms with E-state index in [1.165, 1.54) is 4.31 Å². The van der Waals surface area contributed by atoms with E-state index in [1.807, 2.05) is 24.3 Å². The number of nitrogens with one attached hydrogen (secondary N) is 1. The van der Waals surface area contributed by atoms with Crippen molar-refractivity contribution < 1.29 is 17.9 Å². The van der Waals surface area contributed by atoms with Crippen molar-refractivity contribution in [3.63, 3.8) is 0 Å². The summed E-state index contributed by atoms with van der Waals surface area (Å²) in [5.74, 6) is 0.873. The highest BCUT2D eigenvalue weighted by Gasteiger charge is 2.42. The Labute approximate surface area is 202 Å². The number of ether oxygens (including phenoxy) is 2. The molecule has 3 aliphatic heterocycles. The molecule has 0 saturated carbocycles. The fourth-order valence-corrected chi connectivity index (χ4v) is 6.14. The number of halogens is 1. The molecular weight excluding hydrogens is 531 g/mol. The van der Waals surface area contributed by atoms with E-state index in [2.05, 4.69) is 15.2 Å². The van der Waals surface area contributed by atoms with Crippen LogP contribution >= 0.6 is 24.0 Å². The number of sulfonamides is 1. The van der Waals surface area contributed by atoms with E-state index in [-0.39, 0.29) is 35.1 Å². The molecule has 1 aromatic rings. The van der Waals surface area contributed by atoms with Crippen LogP contribution in [0.1, 0.15) is 24.0 Å². The maximum absolute atomic E-state index is 12.9. The van der Waals surface area contributed by atoms with Gasteiger partial charge in [-0.25, -0.2) is 8.42 Å². The first-order chi connectivity index (χ1) is 14.5. The van der Waals surface area contributed by atoms with Gasteiger partial charge in [0.2, 0.25) is 10.0 Å². The molecule has 0 bridgehead atoms. The first kappa shape index (κ1) is 24.7. The first-order valence-electron chi connectivity index (χ1n) is 10.7. The molecule has 3 heterocycles. The molecule has 0 radical (unpaired) electrons. The van der Waals surface area contributed by atoms with Crippen LogP contribution in [-0.2, 0) is 31.8 Å². The summed E-state index contributed by atoms with van der Waals surface area (Å²) in [6.45, 7) is 5.93. The Kier molecular flexibility index (Phi) is 8.58. The zero-order valence-corrected chi connectivity index (χ0v) is 21.2. The molecule has 1 aromatic carbocycles. The average molecular weight is 564 g/mol. The average Bonchev–Trinajstić information content (AvgIpc) is 3.40. The molecule has 1 spiro atoms. The largest absolute Gasteiger partial charge is 0.381 e. The van der Waals surface area contributed by atoms with Gasteiger partial charge in [-0.1, -0.05) is 24.3 Å². The number of benzene rings is 1. The molecule has 0 aromatic heterocycles. The molecule has 3 aliphatic rings. The van der Waals surface area contributed by atoms with Crippen molar-refractivity contribution in [1.29, 1.82) is 0 Å². The van der Waals surface area contributed by atoms with Crippen molar-refractivity contribution in [3.05, 3.63) is 35.4 Å². The lowest BCUT2D eigenvalue weighted by molar-refractivity contribution is 0.0729. The third-order valence-corrected chi connectivity index (χ3v) is 8.22. The number of rotatable bonds is 5. The van der Waals surface area contributed by atoms with Gasteiger partial charge in [-0.05, 0) is 24.0 Å². The number of aliphatic imine (C=N–C) groups is 1. The van der Waals surface area contributed by atoms with Gasteiger partial charge in [0, 0.05) is 51.8 Å². The lowest BCUT2D eigenvalue weighted by atomic mass is 9.87. The van der Waals surface area contributed by atoms with Crippen molar-refractivity contribution >= 4 is 40.0 Å². The highest BCUT2D eigenvalue weighted by atomic mass is 127. The fraction of sp³-hybridized carbons (Fsp3) is 0.667. The Bertz CT molecular complexity index is 868. The third kappa shape index (κ3) is 5.89. The van der Waals surface area contributed by atoms with Crippen LogP contribution in [0.15, 0.2) is 29.3 Å². The number of nitrogens with zero attached hydrogens (tertiary/aromatic N) is 3. The normalized spacial score (nSPS) is 25.1. The lowest BCUT2D eigenvalue weighted by Crippen LogP contribution is -2.42. The van der Waals surface area contributed by atoms with Gasteiger partial charge in [-0.3, -0.25) is 4.99 Å². The maximum Gasteiger partial charge on any atom is 0.218 e. The van der Waals surface area contributed by atoms with E-state index >= 15 is 0 Å². The number of hydrogen-bond acceptors (Lipinski definition) is 5. The summed E-state index contributed by atoms with van der Waals surface area (Å²) in [5, 5.41) is 3.45. The van der Waals surface area contributed by atoms with Crippen LogP contribution in [0.3, 0.4) is 0 Å². The van der Waals surface area contributed by atoms with E-state index in [0.717, 1.165) is 56.2 Å².